The van der Waals surface area contributed by atoms with E-state index in [-0.39, 0.29) is 12.5 Å². The summed E-state index contributed by atoms with van der Waals surface area (Å²) >= 11 is 0. The van der Waals surface area contributed by atoms with Crippen LogP contribution in [0.2, 0.25) is 0 Å². The molecule has 114 valence electrons. The minimum atomic E-state index is -0.180. The topological polar surface area (TPSA) is 53.0 Å². The van der Waals surface area contributed by atoms with Crippen molar-refractivity contribution in [1.29, 1.82) is 0 Å². The van der Waals surface area contributed by atoms with Gasteiger partial charge in [0.1, 0.15) is 12.4 Å². The average Bonchev–Trinajstić information content (AvgIpc) is 2.45. The third kappa shape index (κ3) is 5.46. The molecule has 0 radical (unpaired) electrons. The largest absolute Gasteiger partial charge is 0.497 e. The molecule has 1 aromatic carbocycles. The van der Waals surface area contributed by atoms with E-state index < -0.39 is 0 Å². The highest BCUT2D eigenvalue weighted by molar-refractivity contribution is 5.77. The number of carbonyl (C=O) groups is 1. The Bertz CT molecular complexity index is 544. The number of hydrogen-bond acceptors (Lipinski definition) is 4. The average molecular weight is 290 g/mol. The molecule has 0 aliphatic rings. The normalized spacial score (nSPS) is 10.0. The lowest BCUT2D eigenvalue weighted by atomic mass is 10.1. The van der Waals surface area contributed by atoms with Crippen LogP contribution in [0.3, 0.4) is 0 Å². The molecule has 0 aliphatic carbocycles. The molecule has 1 amide bonds. The van der Waals surface area contributed by atoms with E-state index in [2.05, 4.69) is 11.8 Å². The predicted octanol–water partition coefficient (Wildman–Crippen LogP) is 0.559. The van der Waals surface area contributed by atoms with Crippen LogP contribution in [-0.4, -0.2) is 62.2 Å². The molecule has 5 nitrogen and oxygen atoms in total. The van der Waals surface area contributed by atoms with E-state index in [0.717, 1.165) is 16.9 Å². The zero-order valence-corrected chi connectivity index (χ0v) is 13.0. The molecule has 21 heavy (non-hydrogen) atoms. The van der Waals surface area contributed by atoms with Crippen LogP contribution in [0, 0.1) is 11.8 Å². The van der Waals surface area contributed by atoms with Crippen LogP contribution in [0.5, 0.6) is 5.75 Å². The van der Waals surface area contributed by atoms with Gasteiger partial charge < -0.3 is 14.7 Å². The summed E-state index contributed by atoms with van der Waals surface area (Å²) in [7, 11) is 6.96. The van der Waals surface area contributed by atoms with Crippen LogP contribution in [0.15, 0.2) is 18.2 Å². The predicted molar refractivity (Wildman–Crippen MR) is 82.0 cm³/mol. The van der Waals surface area contributed by atoms with Crippen LogP contribution in [0.4, 0.5) is 0 Å². The molecule has 5 heteroatoms. The Kier molecular flexibility index (Phi) is 6.73. The Balaban J connectivity index is 2.91. The van der Waals surface area contributed by atoms with Crippen molar-refractivity contribution in [3.8, 4) is 17.6 Å². The molecule has 0 saturated carbocycles. The SMILES string of the molecule is COc1ccc(C#CCO)c(CN(C)CC(=O)N(C)C)c1. The second kappa shape index (κ2) is 8.30. The summed E-state index contributed by atoms with van der Waals surface area (Å²) in [5, 5.41) is 8.82. The van der Waals surface area contributed by atoms with Gasteiger partial charge in [-0.3, -0.25) is 9.69 Å². The molecule has 0 aliphatic heterocycles. The lowest BCUT2D eigenvalue weighted by Gasteiger charge is -2.20. The van der Waals surface area contributed by atoms with Gasteiger partial charge in [0.15, 0.2) is 0 Å². The van der Waals surface area contributed by atoms with E-state index in [1.807, 2.05) is 30.1 Å². The summed E-state index contributed by atoms with van der Waals surface area (Å²) in [5.41, 5.74) is 1.79. The van der Waals surface area contributed by atoms with Gasteiger partial charge in [-0.1, -0.05) is 11.8 Å². The van der Waals surface area contributed by atoms with Gasteiger partial charge in [-0.05, 0) is 30.8 Å². The number of aliphatic hydroxyl groups excluding tert-OH is 1. The Labute approximate surface area is 126 Å². The molecule has 0 heterocycles. The number of benzene rings is 1. The van der Waals surface area contributed by atoms with Gasteiger partial charge in [-0.2, -0.15) is 0 Å². The minimum Gasteiger partial charge on any atom is -0.497 e. The number of carbonyl (C=O) groups excluding carboxylic acids is 1. The molecule has 0 aromatic heterocycles. The standard InChI is InChI=1S/C16H22N2O3/c1-17(2)16(20)12-18(3)11-14-10-15(21-4)8-7-13(14)6-5-9-19/h7-8,10,19H,9,11-12H2,1-4H3. The van der Waals surface area contributed by atoms with E-state index in [0.29, 0.717) is 13.1 Å². The molecule has 0 spiro atoms. The molecular formula is C16H22N2O3. The van der Waals surface area contributed by atoms with Crippen LogP contribution in [0.25, 0.3) is 0 Å². The van der Waals surface area contributed by atoms with Crippen molar-refractivity contribution in [2.75, 3.05) is 41.4 Å². The number of aliphatic hydroxyl groups is 1. The second-order valence-corrected chi connectivity index (χ2v) is 4.94. The highest BCUT2D eigenvalue weighted by Crippen LogP contribution is 2.18. The summed E-state index contributed by atoms with van der Waals surface area (Å²) in [6.45, 7) is 0.726. The van der Waals surface area contributed by atoms with E-state index in [1.54, 1.807) is 26.1 Å². The van der Waals surface area contributed by atoms with Crippen molar-refractivity contribution in [3.63, 3.8) is 0 Å². The van der Waals surface area contributed by atoms with Gasteiger partial charge in [0.05, 0.1) is 13.7 Å². The van der Waals surface area contributed by atoms with Crippen LogP contribution < -0.4 is 4.74 Å². The quantitative estimate of drug-likeness (QED) is 0.805. The smallest absolute Gasteiger partial charge is 0.236 e. The number of amides is 1. The number of nitrogens with zero attached hydrogens (tertiary/aromatic N) is 2. The maximum atomic E-state index is 11.7. The van der Waals surface area contributed by atoms with Gasteiger partial charge in [0, 0.05) is 26.2 Å². The van der Waals surface area contributed by atoms with Gasteiger partial charge in [0.2, 0.25) is 5.91 Å². The summed E-state index contributed by atoms with van der Waals surface area (Å²) < 4.78 is 5.22. The molecule has 0 bridgehead atoms. The maximum absolute atomic E-state index is 11.7. The summed E-state index contributed by atoms with van der Waals surface area (Å²) in [5.74, 6) is 6.35. The molecule has 0 atom stereocenters. The highest BCUT2D eigenvalue weighted by atomic mass is 16.5. The van der Waals surface area contributed by atoms with E-state index in [1.165, 1.54) is 0 Å². The molecule has 1 rings (SSSR count). The maximum Gasteiger partial charge on any atom is 0.236 e. The molecule has 0 fully saturated rings. The van der Waals surface area contributed by atoms with Crippen molar-refractivity contribution >= 4 is 5.91 Å². The van der Waals surface area contributed by atoms with E-state index >= 15 is 0 Å². The highest BCUT2D eigenvalue weighted by Gasteiger charge is 2.11. The molecule has 1 N–H and O–H groups in total. The summed E-state index contributed by atoms with van der Waals surface area (Å²) in [6, 6.07) is 5.59. The molecule has 0 saturated heterocycles. The van der Waals surface area contributed by atoms with Gasteiger partial charge in [-0.25, -0.2) is 0 Å². The first-order valence-electron chi connectivity index (χ1n) is 6.63. The zero-order chi connectivity index (χ0) is 15.8. The second-order valence-electron chi connectivity index (χ2n) is 4.94. The van der Waals surface area contributed by atoms with Gasteiger partial charge >= 0.3 is 0 Å². The van der Waals surface area contributed by atoms with Crippen molar-refractivity contribution in [1.82, 2.24) is 9.80 Å². The van der Waals surface area contributed by atoms with Gasteiger partial charge in [-0.15, -0.1) is 0 Å². The van der Waals surface area contributed by atoms with Crippen LogP contribution in [-0.2, 0) is 11.3 Å². The third-order valence-corrected chi connectivity index (χ3v) is 2.96. The van der Waals surface area contributed by atoms with Crippen molar-refractivity contribution in [3.05, 3.63) is 29.3 Å². The first-order valence-corrected chi connectivity index (χ1v) is 6.63. The number of methoxy groups -OCH3 is 1. The monoisotopic (exact) mass is 290 g/mol. The lowest BCUT2D eigenvalue weighted by Crippen LogP contribution is -2.34. The van der Waals surface area contributed by atoms with Gasteiger partial charge in [0.25, 0.3) is 0 Å². The van der Waals surface area contributed by atoms with Crippen molar-refractivity contribution in [2.24, 2.45) is 0 Å². The van der Waals surface area contributed by atoms with E-state index in [4.69, 9.17) is 9.84 Å². The molecule has 1 aromatic rings. The van der Waals surface area contributed by atoms with Crippen molar-refractivity contribution in [2.45, 2.75) is 6.54 Å². The number of ether oxygens (including phenoxy) is 1. The van der Waals surface area contributed by atoms with Crippen LogP contribution >= 0.6 is 0 Å². The third-order valence-electron chi connectivity index (χ3n) is 2.96. The summed E-state index contributed by atoms with van der Waals surface area (Å²) in [6.07, 6.45) is 0. The van der Waals surface area contributed by atoms with Crippen molar-refractivity contribution < 1.29 is 14.6 Å². The van der Waals surface area contributed by atoms with Crippen LogP contribution in [0.1, 0.15) is 11.1 Å². The first kappa shape index (κ1) is 17.0. The minimum absolute atomic E-state index is 0.0448. The lowest BCUT2D eigenvalue weighted by molar-refractivity contribution is -0.129. The number of likely N-dealkylation sites (N-methyl/N-ethyl adjacent to an activating group) is 2. The summed E-state index contributed by atoms with van der Waals surface area (Å²) in [4.78, 5) is 15.2. The Morgan fingerprint density at radius 3 is 2.62 bits per heavy atom. The van der Waals surface area contributed by atoms with E-state index in [9.17, 15) is 4.79 Å². The Morgan fingerprint density at radius 2 is 2.05 bits per heavy atom. The number of rotatable bonds is 5. The zero-order valence-electron chi connectivity index (χ0n) is 13.0. The molecule has 0 unspecified atom stereocenters. The fourth-order valence-electron chi connectivity index (χ4n) is 1.80. The fourth-order valence-corrected chi connectivity index (χ4v) is 1.80. The Morgan fingerprint density at radius 1 is 1.33 bits per heavy atom. The Hall–Kier alpha value is -2.03. The fraction of sp³-hybridized carbons (Fsp3) is 0.438. The molecular weight excluding hydrogens is 268 g/mol. The number of hydrogen-bond donors (Lipinski definition) is 1. The first-order chi connectivity index (χ1) is 9.97.